The number of carboxylic acids is 1. The monoisotopic (exact) mass is 1580 g/mol. The van der Waals surface area contributed by atoms with E-state index in [1.807, 2.05) is 0 Å². The fraction of sp³-hybridized carbons (Fsp3) is 0.645. The van der Waals surface area contributed by atoms with Gasteiger partial charge in [-0.3, -0.25) is 57.6 Å². The molecule has 0 unspecified atom stereocenters. The molecule has 0 bridgehead atoms. The summed E-state index contributed by atoms with van der Waals surface area (Å²) in [5.41, 5.74) is 0.570. The summed E-state index contributed by atoms with van der Waals surface area (Å²) in [4.78, 5) is 164. The van der Waals surface area contributed by atoms with Gasteiger partial charge in [0, 0.05) is 80.7 Å². The van der Waals surface area contributed by atoms with Gasteiger partial charge in [0.15, 0.2) is 5.60 Å². The summed E-state index contributed by atoms with van der Waals surface area (Å²) in [6, 6.07) is -3.03. The molecule has 2 aromatic heterocycles. The minimum Gasteiger partial charge on any atom is -0.481 e. The maximum Gasteiger partial charge on any atom is 0.343 e. The van der Waals surface area contributed by atoms with Crippen LogP contribution in [0, 0.1) is 18.7 Å². The standard InChI is InChI=1S/C76H109FN10O25/c1-7-76(101)53-42-59-69-51(44-87(59)74(99)52(53)45-112-75(76)100)67-55(16-15-50-48(4)54(77)43-58(83-69)66(50)67)84-70(95)49(5)80-73(98)68(47(2)3)85-72(97)57(17-20-65(93)94)82-60(88)13-10-22-79-71(96)56(81-61(89)14-11-23-86-63(91)18-19-64(86)92)12-8-9-21-78-62(90)46-111-41-40-110-39-38-109-37-36-108-35-34-107-33-32-106-31-30-105-29-28-104-27-26-103-25-24-102-6/h18-19,42-43,47,49,55-57,68,101H,7-17,20-41,44-46H2,1-6H3,(H,78,90)(H,79,96)(H,80,98)(H,81,89)(H,82,88)(H,84,95)(H,85,97)(H,93,94)/t49-,55-,56-,57-,68-,76-/m0/s1. The fourth-order valence-corrected chi connectivity index (χ4v) is 12.9. The van der Waals surface area contributed by atoms with Crippen molar-refractivity contribution in [2.75, 3.05) is 152 Å². The largest absolute Gasteiger partial charge is 0.481 e. The number of nitrogens with one attached hydrogen (secondary N) is 7. The van der Waals surface area contributed by atoms with E-state index in [-0.39, 0.29) is 132 Å². The number of carbonyl (C=O) groups excluding carboxylic acids is 10. The third kappa shape index (κ3) is 27.2. The average molecular weight is 1580 g/mol. The number of fused-ring (bicyclic) bond motifs is 5. The van der Waals surface area contributed by atoms with Gasteiger partial charge < -0.3 is 104 Å². The van der Waals surface area contributed by atoms with Crippen LogP contribution in [-0.2, 0) is 130 Å². The van der Waals surface area contributed by atoms with Gasteiger partial charge in [-0.15, -0.1) is 0 Å². The highest BCUT2D eigenvalue weighted by Gasteiger charge is 2.46. The molecule has 7 rings (SSSR count). The molecule has 0 radical (unpaired) electrons. The second-order valence-electron chi connectivity index (χ2n) is 27.5. The number of rotatable bonds is 56. The SMILES string of the molecule is CC[C@@]1(O)C(=O)OCc2c1cc1n(c2=O)Cc2c-1nc1cc(F)c(C)c3c1c2[C@@H](NC(=O)[C@H](C)NC(=O)[C@@H](NC(=O)[C@H](CCC(=O)O)NC(=O)CCCNC(=O)[C@H](CCCCNC(=O)COCCOCCOCCOCCOCCOCCOCCOCCOCCOC)NC(=O)CCCN1C(=O)C=CC1=O)C(C)C)CC3. The quantitative estimate of drug-likeness (QED) is 0.0168. The van der Waals surface area contributed by atoms with Crippen LogP contribution in [0.5, 0.6) is 0 Å². The number of esters is 1. The predicted octanol–water partition coefficient (Wildman–Crippen LogP) is 0.794. The summed E-state index contributed by atoms with van der Waals surface area (Å²) in [7, 11) is 1.62. The average Bonchev–Trinajstić information content (AvgIpc) is 1.67. The molecule has 36 heteroatoms. The molecule has 9 N–H and O–H groups in total. The smallest absolute Gasteiger partial charge is 0.343 e. The van der Waals surface area contributed by atoms with E-state index in [0.717, 1.165) is 17.1 Å². The molecule has 0 saturated heterocycles. The number of carboxylic acid groups (broad SMARTS) is 1. The Morgan fingerprint density at radius 2 is 1.17 bits per heavy atom. The number of benzene rings is 1. The number of aliphatic hydroxyl groups is 1. The van der Waals surface area contributed by atoms with Gasteiger partial charge in [0.1, 0.15) is 43.2 Å². The van der Waals surface area contributed by atoms with E-state index in [4.69, 9.17) is 57.1 Å². The number of hydrogen-bond donors (Lipinski definition) is 9. The van der Waals surface area contributed by atoms with E-state index in [0.29, 0.717) is 158 Å². The van der Waals surface area contributed by atoms with E-state index in [9.17, 15) is 67.7 Å². The Morgan fingerprint density at radius 1 is 0.625 bits per heavy atom. The lowest BCUT2D eigenvalue weighted by Gasteiger charge is -2.31. The van der Waals surface area contributed by atoms with Gasteiger partial charge in [0.05, 0.1) is 154 Å². The Hall–Kier alpha value is -8.82. The Morgan fingerprint density at radius 3 is 1.72 bits per heavy atom. The number of ether oxygens (including phenoxy) is 11. The van der Waals surface area contributed by atoms with Crippen LogP contribution in [-0.4, -0.2) is 266 Å². The molecule has 1 aliphatic carbocycles. The van der Waals surface area contributed by atoms with Crippen molar-refractivity contribution in [1.29, 1.82) is 0 Å². The summed E-state index contributed by atoms with van der Waals surface area (Å²) in [6.45, 7) is 14.8. The van der Waals surface area contributed by atoms with Gasteiger partial charge in [-0.2, -0.15) is 0 Å². The molecule has 6 atom stereocenters. The molecule has 3 aromatic rings. The molecular weight excluding hydrogens is 1470 g/mol. The number of imide groups is 1. The molecule has 9 amide bonds. The van der Waals surface area contributed by atoms with Gasteiger partial charge in [-0.25, -0.2) is 14.2 Å². The summed E-state index contributed by atoms with van der Waals surface area (Å²) in [6.07, 6.45) is 2.41. The number of unbranched alkanes of at least 4 members (excludes halogenated alkanes) is 1. The fourth-order valence-electron chi connectivity index (χ4n) is 12.9. The van der Waals surface area contributed by atoms with Crippen molar-refractivity contribution in [2.24, 2.45) is 5.92 Å². The van der Waals surface area contributed by atoms with Crippen molar-refractivity contribution < 1.29 is 119 Å². The van der Waals surface area contributed by atoms with Gasteiger partial charge in [0.25, 0.3) is 17.4 Å². The molecule has 35 nitrogen and oxygen atoms in total. The maximum absolute atomic E-state index is 15.6. The number of aliphatic carboxylic acids is 1. The second kappa shape index (κ2) is 47.0. The molecule has 3 aliphatic heterocycles. The number of nitrogens with zero attached hydrogens (tertiary/aromatic N) is 3. The number of halogens is 1. The topological polar surface area (TPSA) is 452 Å². The first kappa shape index (κ1) is 90.4. The lowest BCUT2D eigenvalue weighted by Crippen LogP contribution is -2.58. The molecule has 0 spiro atoms. The van der Waals surface area contributed by atoms with E-state index >= 15 is 4.39 Å². The Balaban J connectivity index is 0.800. The molecule has 112 heavy (non-hydrogen) atoms. The number of methoxy groups -OCH3 is 1. The van der Waals surface area contributed by atoms with Gasteiger partial charge in [-0.05, 0) is 100 Å². The van der Waals surface area contributed by atoms with Gasteiger partial charge in [-0.1, -0.05) is 20.8 Å². The number of aromatic nitrogens is 2. The summed E-state index contributed by atoms with van der Waals surface area (Å²) < 4.78 is 76.3. The van der Waals surface area contributed by atoms with Crippen LogP contribution in [0.15, 0.2) is 29.1 Å². The van der Waals surface area contributed by atoms with Crippen LogP contribution in [0.4, 0.5) is 4.39 Å². The molecular formula is C76H109FN10O25. The van der Waals surface area contributed by atoms with Crippen molar-refractivity contribution in [2.45, 2.75) is 161 Å². The first-order valence-corrected chi connectivity index (χ1v) is 38.2. The van der Waals surface area contributed by atoms with Crippen LogP contribution in [0.2, 0.25) is 0 Å². The number of amides is 9. The van der Waals surface area contributed by atoms with Gasteiger partial charge >= 0.3 is 11.9 Å². The Kier molecular flexibility index (Phi) is 37.9. The highest BCUT2D eigenvalue weighted by molar-refractivity contribution is 6.13. The number of pyridine rings is 2. The van der Waals surface area contributed by atoms with Crippen LogP contribution in [0.3, 0.4) is 0 Å². The third-order valence-corrected chi connectivity index (χ3v) is 19.1. The van der Waals surface area contributed by atoms with E-state index in [2.05, 4.69) is 37.2 Å². The summed E-state index contributed by atoms with van der Waals surface area (Å²) in [5, 5.41) is 40.7. The highest BCUT2D eigenvalue weighted by Crippen LogP contribution is 2.46. The lowest BCUT2D eigenvalue weighted by molar-refractivity contribution is -0.172. The summed E-state index contributed by atoms with van der Waals surface area (Å²) >= 11 is 0. The molecule has 1 aromatic carbocycles. The number of cyclic esters (lactones) is 1. The van der Waals surface area contributed by atoms with Crippen molar-refractivity contribution >= 4 is 76.0 Å². The van der Waals surface area contributed by atoms with E-state index in [1.165, 1.54) is 23.6 Å². The van der Waals surface area contributed by atoms with Crippen molar-refractivity contribution in [3.8, 4) is 11.4 Å². The number of carbonyl (C=O) groups is 11. The second-order valence-corrected chi connectivity index (χ2v) is 27.5. The van der Waals surface area contributed by atoms with Crippen LogP contribution < -0.4 is 42.8 Å². The van der Waals surface area contributed by atoms with Crippen molar-refractivity contribution in [3.05, 3.63) is 73.8 Å². The van der Waals surface area contributed by atoms with Crippen molar-refractivity contribution in [1.82, 2.24) is 51.7 Å². The minimum absolute atomic E-state index is 0.0128. The minimum atomic E-state index is -2.11. The normalized spacial score (nSPS) is 16.5. The molecule has 4 aliphatic rings. The Bertz CT molecular complexity index is 3800. The highest BCUT2D eigenvalue weighted by atomic mass is 19.1. The van der Waals surface area contributed by atoms with E-state index < -0.39 is 119 Å². The molecule has 5 heterocycles. The molecule has 0 fully saturated rings. The Labute approximate surface area is 648 Å². The summed E-state index contributed by atoms with van der Waals surface area (Å²) in [5.74, 6) is -8.89. The van der Waals surface area contributed by atoms with E-state index in [1.54, 1.807) is 34.8 Å². The molecule has 0 saturated carbocycles. The zero-order valence-corrected chi connectivity index (χ0v) is 64.7. The first-order valence-electron chi connectivity index (χ1n) is 38.2. The maximum atomic E-state index is 15.6. The number of hydrogen-bond acceptors (Lipinski definition) is 25. The predicted molar refractivity (Wildman–Crippen MR) is 397 cm³/mol. The number of aryl methyl sites for hydroxylation is 1. The zero-order chi connectivity index (χ0) is 81.1. The van der Waals surface area contributed by atoms with Crippen molar-refractivity contribution in [3.63, 3.8) is 0 Å². The first-order chi connectivity index (χ1) is 53.9. The van der Waals surface area contributed by atoms with Crippen LogP contribution in [0.1, 0.15) is 138 Å². The third-order valence-electron chi connectivity index (χ3n) is 19.1. The van der Waals surface area contributed by atoms with Gasteiger partial charge in [0.2, 0.25) is 41.4 Å². The van der Waals surface area contributed by atoms with Crippen LogP contribution >= 0.6 is 0 Å². The van der Waals surface area contributed by atoms with Crippen LogP contribution in [0.25, 0.3) is 22.3 Å². The lowest BCUT2D eigenvalue weighted by atomic mass is 9.81. The molecule has 620 valence electrons. The zero-order valence-electron chi connectivity index (χ0n) is 64.7.